The van der Waals surface area contributed by atoms with Crippen LogP contribution >= 0.6 is 0 Å². The van der Waals surface area contributed by atoms with E-state index in [0.717, 1.165) is 0 Å². The molecule has 0 nitrogen and oxygen atoms in total. The monoisotopic (exact) mass is 118 g/mol. The second-order valence-corrected chi connectivity index (χ2v) is 2.66. The molecule has 0 unspecified atom stereocenters. The van der Waals surface area contributed by atoms with Gasteiger partial charge in [-0.15, -0.1) is 0 Å². The summed E-state index contributed by atoms with van der Waals surface area (Å²) in [5.41, 5.74) is 0. The van der Waals surface area contributed by atoms with E-state index in [9.17, 15) is 0 Å². The van der Waals surface area contributed by atoms with Gasteiger partial charge in [-0.3, -0.25) is 0 Å². The van der Waals surface area contributed by atoms with Gasteiger partial charge < -0.3 is 5.92 Å². The average Bonchev–Trinajstić information content (AvgIpc) is 1.90. The molecule has 0 aromatic carbocycles. The molecule has 48 valence electrons. The first kappa shape index (κ1) is 9.60. The predicted octanol–water partition coefficient (Wildman–Crippen LogP) is -0.0610. The zero-order valence-electron chi connectivity index (χ0n) is 6.74. The van der Waals surface area contributed by atoms with Crippen molar-refractivity contribution in [2.45, 2.75) is 45.4 Å². The topological polar surface area (TPSA) is 0 Å². The Bertz CT molecular complexity index is 55.6. The molecule has 1 saturated carbocycles. The van der Waals surface area contributed by atoms with Gasteiger partial charge in [0.05, 0.1) is 0 Å². The minimum absolute atomic E-state index is 0. The minimum atomic E-state index is 0. The molecule has 1 rings (SSSR count). The summed E-state index contributed by atoms with van der Waals surface area (Å²) in [6.45, 7) is 2.28. The van der Waals surface area contributed by atoms with Crippen molar-refractivity contribution < 1.29 is 18.9 Å². The molecular weight excluding hydrogens is 103 g/mol. The van der Waals surface area contributed by atoms with Gasteiger partial charge in [0.2, 0.25) is 0 Å². The molecule has 0 heterocycles. The van der Waals surface area contributed by atoms with Crippen molar-refractivity contribution in [3.05, 3.63) is 5.92 Å². The van der Waals surface area contributed by atoms with Crippen molar-refractivity contribution in [3.63, 3.8) is 0 Å². The quantitative estimate of drug-likeness (QED) is 0.334. The fourth-order valence-electron chi connectivity index (χ4n) is 1.41. The van der Waals surface area contributed by atoms with E-state index >= 15 is 0 Å². The van der Waals surface area contributed by atoms with Crippen LogP contribution in [-0.2, 0) is 0 Å². The van der Waals surface area contributed by atoms with Crippen LogP contribution in [-0.4, -0.2) is 0 Å². The van der Waals surface area contributed by atoms with Crippen LogP contribution in [0, 0.1) is 5.92 Å². The molecule has 0 bridgehead atoms. The van der Waals surface area contributed by atoms with Crippen molar-refractivity contribution >= 4 is 0 Å². The van der Waals surface area contributed by atoms with Gasteiger partial charge in [-0.1, -0.05) is 26.2 Å². The van der Waals surface area contributed by atoms with Crippen molar-refractivity contribution in [1.29, 1.82) is 0 Å². The van der Waals surface area contributed by atoms with Crippen LogP contribution in [0.1, 0.15) is 45.4 Å². The maximum Gasteiger partial charge on any atom is 1.00 e. The molecule has 0 N–H and O–H groups in total. The van der Waals surface area contributed by atoms with Gasteiger partial charge >= 0.3 is 18.9 Å². The molecule has 0 aromatic rings. The molecular formula is C8H15Li. The Balaban J connectivity index is 0.000000640. The van der Waals surface area contributed by atoms with Gasteiger partial charge in [0.25, 0.3) is 0 Å². The van der Waals surface area contributed by atoms with Crippen LogP contribution in [0.4, 0.5) is 0 Å². The Morgan fingerprint density at radius 3 is 2.00 bits per heavy atom. The van der Waals surface area contributed by atoms with Gasteiger partial charge in [-0.05, 0) is 0 Å². The van der Waals surface area contributed by atoms with Crippen LogP contribution in [0.15, 0.2) is 0 Å². The Hall–Kier alpha value is 0.597. The fraction of sp³-hybridized carbons (Fsp3) is 0.875. The average molecular weight is 118 g/mol. The van der Waals surface area contributed by atoms with Crippen molar-refractivity contribution in [2.75, 3.05) is 0 Å². The molecule has 1 fully saturated rings. The van der Waals surface area contributed by atoms with E-state index in [-0.39, 0.29) is 18.9 Å². The molecule has 1 aliphatic rings. The summed E-state index contributed by atoms with van der Waals surface area (Å²) in [5.74, 6) is 1.80. The summed E-state index contributed by atoms with van der Waals surface area (Å²) in [5, 5.41) is 0. The maximum atomic E-state index is 2.28. The molecule has 0 aliphatic heterocycles. The van der Waals surface area contributed by atoms with Gasteiger partial charge in [-0.2, -0.15) is 19.3 Å². The van der Waals surface area contributed by atoms with Crippen molar-refractivity contribution in [2.24, 2.45) is 0 Å². The maximum absolute atomic E-state index is 2.28. The van der Waals surface area contributed by atoms with E-state index in [4.69, 9.17) is 0 Å². The fourth-order valence-corrected chi connectivity index (χ4v) is 1.41. The van der Waals surface area contributed by atoms with E-state index in [1.54, 1.807) is 5.92 Å². The third-order valence-electron chi connectivity index (χ3n) is 2.06. The molecule has 1 aliphatic carbocycles. The minimum Gasteiger partial charge on any atom is -0.314 e. The van der Waals surface area contributed by atoms with Gasteiger partial charge in [0, 0.05) is 0 Å². The zero-order chi connectivity index (χ0) is 5.82. The van der Waals surface area contributed by atoms with E-state index in [2.05, 4.69) is 6.92 Å². The predicted molar refractivity (Wildman–Crippen MR) is 36.6 cm³/mol. The molecule has 0 spiro atoms. The van der Waals surface area contributed by atoms with Crippen LogP contribution in [0.25, 0.3) is 0 Å². The first-order chi connectivity index (χ1) is 3.93. The van der Waals surface area contributed by atoms with Crippen LogP contribution < -0.4 is 18.9 Å². The number of rotatable bonds is 1. The molecule has 0 atom stereocenters. The van der Waals surface area contributed by atoms with Crippen molar-refractivity contribution in [1.82, 2.24) is 0 Å². The largest absolute Gasteiger partial charge is 1.00 e. The summed E-state index contributed by atoms with van der Waals surface area (Å²) >= 11 is 0. The normalized spacial score (nSPS) is 21.0. The summed E-state index contributed by atoms with van der Waals surface area (Å²) < 4.78 is 0. The molecule has 0 radical (unpaired) electrons. The van der Waals surface area contributed by atoms with Crippen LogP contribution in [0.3, 0.4) is 0 Å². The summed E-state index contributed by atoms with van der Waals surface area (Å²) in [6.07, 6.45) is 8.59. The van der Waals surface area contributed by atoms with E-state index < -0.39 is 0 Å². The molecule has 9 heavy (non-hydrogen) atoms. The third-order valence-corrected chi connectivity index (χ3v) is 2.06. The Morgan fingerprint density at radius 2 is 1.67 bits per heavy atom. The second-order valence-electron chi connectivity index (χ2n) is 2.66. The summed E-state index contributed by atoms with van der Waals surface area (Å²) in [7, 11) is 0. The zero-order valence-corrected chi connectivity index (χ0v) is 6.74. The Labute approximate surface area is 70.6 Å². The Kier molecular flexibility index (Phi) is 5.75. The van der Waals surface area contributed by atoms with E-state index in [0.29, 0.717) is 0 Å². The van der Waals surface area contributed by atoms with Crippen LogP contribution in [0.2, 0.25) is 0 Å². The Morgan fingerprint density at radius 1 is 1.11 bits per heavy atom. The number of hydrogen-bond acceptors (Lipinski definition) is 0. The van der Waals surface area contributed by atoms with E-state index in [1.165, 1.54) is 38.5 Å². The van der Waals surface area contributed by atoms with Gasteiger partial charge in [0.15, 0.2) is 0 Å². The summed E-state index contributed by atoms with van der Waals surface area (Å²) in [4.78, 5) is 0. The number of hydrogen-bond donors (Lipinski definition) is 0. The standard InChI is InChI=1S/C8H15.Li/c1-2-8-6-4-3-5-7-8;/h2-7H2,1H3;/q-1;+1. The molecule has 0 saturated heterocycles. The second kappa shape index (κ2) is 5.39. The van der Waals surface area contributed by atoms with Crippen LogP contribution in [0.5, 0.6) is 0 Å². The smallest absolute Gasteiger partial charge is 0.314 e. The van der Waals surface area contributed by atoms with E-state index in [1.807, 2.05) is 0 Å². The SMILES string of the molecule is CC[C-]1CCCCC1.[Li+]. The molecule has 0 amide bonds. The third kappa shape index (κ3) is 3.33. The molecule has 0 aromatic heterocycles. The van der Waals surface area contributed by atoms with Gasteiger partial charge in [0.1, 0.15) is 0 Å². The summed E-state index contributed by atoms with van der Waals surface area (Å²) in [6, 6.07) is 0. The first-order valence-corrected chi connectivity index (χ1v) is 3.77. The first-order valence-electron chi connectivity index (χ1n) is 3.77. The van der Waals surface area contributed by atoms with Gasteiger partial charge in [-0.25, -0.2) is 0 Å². The molecule has 1 heteroatoms. The van der Waals surface area contributed by atoms with Crippen molar-refractivity contribution in [3.8, 4) is 0 Å².